The predicted molar refractivity (Wildman–Crippen MR) is 239 cm³/mol. The molecule has 322 valence electrons. The summed E-state index contributed by atoms with van der Waals surface area (Å²) in [4.78, 5) is 67.3. The van der Waals surface area contributed by atoms with E-state index in [-0.39, 0.29) is 68.4 Å². The minimum atomic E-state index is -0.917. The molecular weight excluding hydrogens is 783 g/mol. The van der Waals surface area contributed by atoms with Crippen molar-refractivity contribution in [3.63, 3.8) is 0 Å². The molecule has 2 atom stereocenters. The van der Waals surface area contributed by atoms with Crippen molar-refractivity contribution in [3.05, 3.63) is 132 Å². The van der Waals surface area contributed by atoms with E-state index < -0.39 is 12.2 Å². The molecule has 3 aromatic carbocycles. The summed E-state index contributed by atoms with van der Waals surface area (Å²) in [5.74, 6) is -0.104. The third-order valence-electron chi connectivity index (χ3n) is 12.1. The van der Waals surface area contributed by atoms with Crippen LogP contribution in [0.4, 0.5) is 11.5 Å². The second-order valence-corrected chi connectivity index (χ2v) is 16.4. The molecule has 0 bridgehead atoms. The minimum Gasteiger partial charge on any atom is -0.508 e. The average molecular weight is 838 g/mol. The first-order valence-corrected chi connectivity index (χ1v) is 21.6. The van der Waals surface area contributed by atoms with Crippen molar-refractivity contribution in [3.8, 4) is 5.75 Å². The van der Waals surface area contributed by atoms with Gasteiger partial charge >= 0.3 is 0 Å². The zero-order valence-corrected chi connectivity index (χ0v) is 35.3. The molecule has 5 heterocycles. The van der Waals surface area contributed by atoms with Crippen LogP contribution in [-0.4, -0.2) is 121 Å². The smallest absolute Gasteiger partial charge is 0.257 e. The number of aromatic nitrogens is 2. The van der Waals surface area contributed by atoms with Crippen LogP contribution < -0.4 is 10.6 Å². The van der Waals surface area contributed by atoms with E-state index in [1.165, 1.54) is 25.9 Å². The molecular formula is C48H55N9O5. The van der Waals surface area contributed by atoms with Crippen LogP contribution >= 0.6 is 0 Å². The topological polar surface area (TPSA) is 147 Å². The fourth-order valence-electron chi connectivity index (χ4n) is 9.13. The molecule has 3 N–H and O–H groups in total. The summed E-state index contributed by atoms with van der Waals surface area (Å²) >= 11 is 0. The largest absolute Gasteiger partial charge is 0.508 e. The van der Waals surface area contributed by atoms with E-state index in [0.29, 0.717) is 17.7 Å². The highest BCUT2D eigenvalue weighted by Gasteiger charge is 2.51. The fourth-order valence-corrected chi connectivity index (χ4v) is 9.13. The van der Waals surface area contributed by atoms with Crippen molar-refractivity contribution in [2.45, 2.75) is 57.3 Å². The predicted octanol–water partition coefficient (Wildman–Crippen LogP) is 5.42. The highest BCUT2D eigenvalue weighted by atomic mass is 16.3. The van der Waals surface area contributed by atoms with E-state index in [0.717, 1.165) is 52.9 Å². The Hall–Kier alpha value is -6.51. The number of piperazine rings is 1. The van der Waals surface area contributed by atoms with Crippen LogP contribution in [0.2, 0.25) is 0 Å². The number of anilines is 2. The summed E-state index contributed by atoms with van der Waals surface area (Å²) in [7, 11) is 1.88. The number of likely N-dealkylation sites (tertiary alicyclic amines) is 1. The van der Waals surface area contributed by atoms with Crippen LogP contribution in [0, 0.1) is 0 Å². The normalized spacial score (nSPS) is 18.3. The Kier molecular flexibility index (Phi) is 13.0. The first kappa shape index (κ1) is 42.2. The standard InChI is InChI=1S/C48H55N9O5/c1-3-24-55-33-45(60)56-41(28-35-15-19-38(58)20-16-35)48(62)54(32-43(56)57(55)44(59)22-17-34-11-5-4-6-12-34)30-36-13-9-14-39-40(31-52(2)46(36)39)47(61)51-37-18-21-42(50-29-37)49-23-10-27-53-25-7-8-26-53/h3-6,9,11-16,18-21,29,31,41,43,58H,1,7-8,10,17,22-28,30,32-33H2,2H3,(H,49,50)(H,51,61). The summed E-state index contributed by atoms with van der Waals surface area (Å²) < 4.78 is 1.90. The van der Waals surface area contributed by atoms with Gasteiger partial charge in [-0.15, -0.1) is 6.58 Å². The lowest BCUT2D eigenvalue weighted by molar-refractivity contribution is -0.205. The summed E-state index contributed by atoms with van der Waals surface area (Å²) in [6.45, 7) is 8.61. The van der Waals surface area contributed by atoms with Gasteiger partial charge in [0.15, 0.2) is 0 Å². The summed E-state index contributed by atoms with van der Waals surface area (Å²) in [5.41, 5.74) is 4.43. The van der Waals surface area contributed by atoms with Gasteiger partial charge in [-0.05, 0) is 86.3 Å². The third kappa shape index (κ3) is 9.36. The zero-order chi connectivity index (χ0) is 43.2. The number of fused-ring (bicyclic) bond motifs is 2. The number of hydrogen-bond acceptors (Lipinski definition) is 9. The Morgan fingerprint density at radius 1 is 0.952 bits per heavy atom. The molecule has 0 radical (unpaired) electrons. The van der Waals surface area contributed by atoms with E-state index in [2.05, 4.69) is 27.1 Å². The van der Waals surface area contributed by atoms with Gasteiger partial charge in [0.1, 0.15) is 23.8 Å². The lowest BCUT2D eigenvalue weighted by Crippen LogP contribution is -2.75. The van der Waals surface area contributed by atoms with E-state index >= 15 is 0 Å². The van der Waals surface area contributed by atoms with Gasteiger partial charge in [0.05, 0.1) is 36.1 Å². The molecule has 3 fully saturated rings. The maximum absolute atomic E-state index is 14.8. The van der Waals surface area contributed by atoms with Crippen LogP contribution in [0.15, 0.2) is 110 Å². The Morgan fingerprint density at radius 2 is 1.74 bits per heavy atom. The van der Waals surface area contributed by atoms with Crippen LogP contribution in [0.5, 0.6) is 5.75 Å². The van der Waals surface area contributed by atoms with Crippen LogP contribution in [0.3, 0.4) is 0 Å². The lowest BCUT2D eigenvalue weighted by atomic mass is 9.97. The monoisotopic (exact) mass is 837 g/mol. The molecule has 4 amide bonds. The van der Waals surface area contributed by atoms with E-state index in [9.17, 15) is 24.3 Å². The maximum atomic E-state index is 14.8. The Labute approximate surface area is 362 Å². The minimum absolute atomic E-state index is 0.0752. The SMILES string of the molecule is C=CCN1CC(=O)N2C(Cc3ccc(O)cc3)C(=O)N(Cc3cccc4c(C(=O)Nc5ccc(NCCCN6CCCC6)nc5)cn(C)c34)CC2N1C(=O)CCc1ccccc1. The number of hydrogen-bond donors (Lipinski definition) is 3. The van der Waals surface area contributed by atoms with Crippen molar-refractivity contribution in [2.75, 3.05) is 56.4 Å². The van der Waals surface area contributed by atoms with Crippen LogP contribution in [0.25, 0.3) is 10.9 Å². The van der Waals surface area contributed by atoms with Gasteiger partial charge < -0.3 is 35.0 Å². The number of hydrazine groups is 1. The number of aryl methyl sites for hydroxylation is 2. The van der Waals surface area contributed by atoms with Gasteiger partial charge in [-0.2, -0.15) is 0 Å². The zero-order valence-electron chi connectivity index (χ0n) is 35.3. The number of phenols is 1. The van der Waals surface area contributed by atoms with E-state index in [1.807, 2.05) is 72.3 Å². The van der Waals surface area contributed by atoms with Crippen LogP contribution in [-0.2, 0) is 40.8 Å². The number of pyridine rings is 1. The van der Waals surface area contributed by atoms with Gasteiger partial charge in [-0.1, -0.05) is 66.7 Å². The summed E-state index contributed by atoms with van der Waals surface area (Å²) in [6.07, 6.45) is 8.85. The van der Waals surface area contributed by atoms with Gasteiger partial charge in [0.25, 0.3) is 5.91 Å². The first-order chi connectivity index (χ1) is 30.2. The summed E-state index contributed by atoms with van der Waals surface area (Å²) in [5, 5.41) is 20.5. The fraction of sp³-hybridized carbons (Fsp3) is 0.354. The van der Waals surface area contributed by atoms with Crippen molar-refractivity contribution < 1.29 is 24.3 Å². The highest BCUT2D eigenvalue weighted by molar-refractivity contribution is 6.13. The molecule has 5 aromatic rings. The average Bonchev–Trinajstić information content (AvgIpc) is 3.93. The Balaban J connectivity index is 1.03. The molecule has 14 nitrogen and oxygen atoms in total. The molecule has 2 aromatic heterocycles. The molecule has 3 aliphatic heterocycles. The molecule has 0 aliphatic carbocycles. The van der Waals surface area contributed by atoms with Crippen molar-refractivity contribution in [2.24, 2.45) is 7.05 Å². The number of carbonyl (C=O) groups is 4. The number of nitrogens with one attached hydrogen (secondary N) is 2. The molecule has 3 saturated heterocycles. The lowest BCUT2D eigenvalue weighted by Gasteiger charge is -2.55. The van der Waals surface area contributed by atoms with Crippen LogP contribution in [0.1, 0.15) is 52.7 Å². The number of amides is 4. The number of nitrogens with zero attached hydrogens (tertiary/aromatic N) is 7. The van der Waals surface area contributed by atoms with Crippen molar-refractivity contribution >= 4 is 46.0 Å². The summed E-state index contributed by atoms with van der Waals surface area (Å²) in [6, 6.07) is 24.9. The number of aromatic hydroxyl groups is 1. The van der Waals surface area contributed by atoms with Crippen molar-refractivity contribution in [1.29, 1.82) is 0 Å². The molecule has 8 rings (SSSR count). The van der Waals surface area contributed by atoms with Gasteiger partial charge in [-0.3, -0.25) is 19.2 Å². The second kappa shape index (κ2) is 19.0. The number of para-hydroxylation sites is 1. The van der Waals surface area contributed by atoms with E-state index in [1.54, 1.807) is 62.6 Å². The number of rotatable bonds is 16. The number of benzene rings is 3. The van der Waals surface area contributed by atoms with Gasteiger partial charge in [0, 0.05) is 51.1 Å². The maximum Gasteiger partial charge on any atom is 0.257 e. The second-order valence-electron chi connectivity index (χ2n) is 16.4. The number of carbonyl (C=O) groups excluding carboxylic acids is 4. The highest BCUT2D eigenvalue weighted by Crippen LogP contribution is 2.32. The number of phenolic OH excluding ortho intramolecular Hbond substituents is 1. The Bertz CT molecular complexity index is 2400. The molecule has 0 spiro atoms. The third-order valence-corrected chi connectivity index (χ3v) is 12.1. The van der Waals surface area contributed by atoms with Gasteiger partial charge in [0.2, 0.25) is 17.7 Å². The molecule has 62 heavy (non-hydrogen) atoms. The molecule has 2 unspecified atom stereocenters. The molecule has 14 heteroatoms. The van der Waals surface area contributed by atoms with E-state index in [4.69, 9.17) is 0 Å². The quantitative estimate of drug-likeness (QED) is 0.0877. The first-order valence-electron chi connectivity index (χ1n) is 21.6. The van der Waals surface area contributed by atoms with Gasteiger partial charge in [-0.25, -0.2) is 15.0 Å². The molecule has 0 saturated carbocycles. The molecule has 3 aliphatic rings. The Morgan fingerprint density at radius 3 is 2.48 bits per heavy atom. The van der Waals surface area contributed by atoms with Crippen molar-refractivity contribution in [1.82, 2.24) is 34.3 Å².